The van der Waals surface area contributed by atoms with Crippen LogP contribution in [0.4, 0.5) is 5.82 Å². The molecule has 1 atom stereocenters. The van der Waals surface area contributed by atoms with Gasteiger partial charge in [0.1, 0.15) is 20.6 Å². The number of sulfonamides is 1. The van der Waals surface area contributed by atoms with Crippen molar-refractivity contribution in [1.29, 1.82) is 0 Å². The summed E-state index contributed by atoms with van der Waals surface area (Å²) >= 11 is 0. The van der Waals surface area contributed by atoms with E-state index in [-0.39, 0.29) is 22.3 Å². The van der Waals surface area contributed by atoms with Crippen LogP contribution in [-0.2, 0) is 19.9 Å². The predicted octanol–water partition coefficient (Wildman–Crippen LogP) is 1.80. The molecule has 0 bridgehead atoms. The number of anilines is 1. The maximum Gasteiger partial charge on any atom is 0.246 e. The van der Waals surface area contributed by atoms with Gasteiger partial charge in [0.25, 0.3) is 0 Å². The maximum absolute atomic E-state index is 12.8. The summed E-state index contributed by atoms with van der Waals surface area (Å²) in [4.78, 5) is 4.36. The van der Waals surface area contributed by atoms with Crippen LogP contribution in [0.25, 0.3) is 5.65 Å². The largest absolute Gasteiger partial charge is 0.367 e. The summed E-state index contributed by atoms with van der Waals surface area (Å²) in [6, 6.07) is 11.6. The van der Waals surface area contributed by atoms with E-state index < -0.39 is 25.9 Å². The molecule has 0 radical (unpaired) electrons. The van der Waals surface area contributed by atoms with E-state index in [0.717, 1.165) is 19.1 Å². The molecule has 1 aliphatic rings. The quantitative estimate of drug-likeness (QED) is 0.522. The van der Waals surface area contributed by atoms with Crippen LogP contribution in [0.1, 0.15) is 31.2 Å². The van der Waals surface area contributed by atoms with E-state index >= 15 is 0 Å². The van der Waals surface area contributed by atoms with E-state index in [0.29, 0.717) is 11.7 Å². The van der Waals surface area contributed by atoms with E-state index in [9.17, 15) is 16.8 Å². The molecule has 2 aromatic heterocycles. The van der Waals surface area contributed by atoms with Gasteiger partial charge >= 0.3 is 0 Å². The summed E-state index contributed by atoms with van der Waals surface area (Å²) in [7, 11) is -7.31. The van der Waals surface area contributed by atoms with Gasteiger partial charge in [-0.1, -0.05) is 30.3 Å². The van der Waals surface area contributed by atoms with Crippen molar-refractivity contribution in [2.24, 2.45) is 0 Å². The molecule has 1 fully saturated rings. The van der Waals surface area contributed by atoms with Crippen molar-refractivity contribution < 1.29 is 16.8 Å². The average molecular weight is 464 g/mol. The molecule has 0 saturated heterocycles. The summed E-state index contributed by atoms with van der Waals surface area (Å²) in [6.45, 7) is 1.50. The number of rotatable bonds is 8. The SMILES string of the molecule is CC(CS(C)(=O)=O)NS(=O)(=O)c1cnn2ccc(NC3CC(c4ccccc4)C3)nc12. The van der Waals surface area contributed by atoms with Gasteiger partial charge in [-0.15, -0.1) is 0 Å². The van der Waals surface area contributed by atoms with Gasteiger partial charge in [0.2, 0.25) is 10.0 Å². The fraction of sp³-hybridized carbons (Fsp3) is 0.400. The summed E-state index contributed by atoms with van der Waals surface area (Å²) in [6.07, 6.45) is 5.89. The smallest absolute Gasteiger partial charge is 0.246 e. The molecule has 2 heterocycles. The van der Waals surface area contributed by atoms with E-state index in [1.54, 1.807) is 12.3 Å². The molecule has 31 heavy (non-hydrogen) atoms. The molecule has 11 heteroatoms. The number of hydrogen-bond donors (Lipinski definition) is 2. The second kappa shape index (κ2) is 8.21. The minimum atomic E-state index is -3.98. The number of fused-ring (bicyclic) bond motifs is 1. The Balaban J connectivity index is 1.48. The van der Waals surface area contributed by atoms with Crippen molar-refractivity contribution in [2.75, 3.05) is 17.3 Å². The second-order valence-corrected chi connectivity index (χ2v) is 12.0. The van der Waals surface area contributed by atoms with Crippen molar-refractivity contribution in [3.05, 3.63) is 54.4 Å². The highest BCUT2D eigenvalue weighted by atomic mass is 32.2. The molecule has 0 aliphatic heterocycles. The second-order valence-electron chi connectivity index (χ2n) is 8.12. The number of benzene rings is 1. The summed E-state index contributed by atoms with van der Waals surface area (Å²) in [5.74, 6) is 0.787. The van der Waals surface area contributed by atoms with E-state index in [1.807, 2.05) is 18.2 Å². The molecule has 1 aliphatic carbocycles. The highest BCUT2D eigenvalue weighted by Gasteiger charge is 2.31. The highest BCUT2D eigenvalue weighted by Crippen LogP contribution is 2.38. The van der Waals surface area contributed by atoms with Crippen LogP contribution in [0.5, 0.6) is 0 Å². The lowest BCUT2D eigenvalue weighted by Crippen LogP contribution is -2.37. The molecule has 166 valence electrons. The Morgan fingerprint density at radius 3 is 2.52 bits per heavy atom. The maximum atomic E-state index is 12.8. The Hall–Kier alpha value is -2.50. The van der Waals surface area contributed by atoms with Gasteiger partial charge in [0.05, 0.1) is 11.9 Å². The van der Waals surface area contributed by atoms with Crippen molar-refractivity contribution in [3.63, 3.8) is 0 Å². The minimum Gasteiger partial charge on any atom is -0.367 e. The fourth-order valence-electron chi connectivity index (χ4n) is 3.88. The molecule has 9 nitrogen and oxygen atoms in total. The first-order chi connectivity index (χ1) is 14.6. The van der Waals surface area contributed by atoms with Crippen LogP contribution in [0.3, 0.4) is 0 Å². The molecular formula is C20H25N5O4S2. The van der Waals surface area contributed by atoms with Gasteiger partial charge < -0.3 is 5.32 Å². The molecule has 1 unspecified atom stereocenters. The standard InChI is InChI=1S/C20H25N5O4S2/c1-14(13-30(2,26)27)24-31(28,29)18-12-21-25-9-8-19(23-20(18)25)22-17-10-16(11-17)15-6-4-3-5-7-15/h3-9,12,14,16-17,24H,10-11,13H2,1-2H3,(H,22,23). The number of hydrogen-bond acceptors (Lipinski definition) is 7. The van der Waals surface area contributed by atoms with Gasteiger partial charge in [-0.25, -0.2) is 31.1 Å². The average Bonchev–Trinajstić information content (AvgIpc) is 3.07. The number of sulfone groups is 1. The molecule has 3 aromatic rings. The number of aromatic nitrogens is 3. The van der Waals surface area contributed by atoms with Crippen LogP contribution in [0.15, 0.2) is 53.7 Å². The molecule has 1 saturated carbocycles. The Morgan fingerprint density at radius 2 is 1.84 bits per heavy atom. The Kier molecular flexibility index (Phi) is 5.75. The third-order valence-corrected chi connectivity index (χ3v) is 7.98. The van der Waals surface area contributed by atoms with E-state index in [2.05, 4.69) is 32.3 Å². The van der Waals surface area contributed by atoms with Crippen LogP contribution in [0.2, 0.25) is 0 Å². The van der Waals surface area contributed by atoms with Crippen molar-refractivity contribution in [1.82, 2.24) is 19.3 Å². The molecule has 0 spiro atoms. The van der Waals surface area contributed by atoms with E-state index in [1.165, 1.54) is 23.2 Å². The lowest BCUT2D eigenvalue weighted by molar-refractivity contribution is 0.373. The monoisotopic (exact) mass is 463 g/mol. The van der Waals surface area contributed by atoms with Crippen LogP contribution in [0, 0.1) is 0 Å². The van der Waals surface area contributed by atoms with Crippen molar-refractivity contribution in [2.45, 2.75) is 42.7 Å². The highest BCUT2D eigenvalue weighted by molar-refractivity contribution is 7.91. The zero-order valence-electron chi connectivity index (χ0n) is 17.3. The Labute approximate surface area is 181 Å². The first-order valence-electron chi connectivity index (χ1n) is 9.97. The van der Waals surface area contributed by atoms with E-state index in [4.69, 9.17) is 0 Å². The Morgan fingerprint density at radius 1 is 1.13 bits per heavy atom. The fourth-order valence-corrected chi connectivity index (χ4v) is 6.28. The normalized spacial score (nSPS) is 20.3. The molecule has 1 aromatic carbocycles. The van der Waals surface area contributed by atoms with Crippen LogP contribution < -0.4 is 10.0 Å². The van der Waals surface area contributed by atoms with Crippen LogP contribution >= 0.6 is 0 Å². The summed E-state index contributed by atoms with van der Waals surface area (Å²) < 4.78 is 52.2. The van der Waals surface area contributed by atoms with Gasteiger partial charge in [-0.2, -0.15) is 5.10 Å². The summed E-state index contributed by atoms with van der Waals surface area (Å²) in [5, 5.41) is 7.43. The zero-order chi connectivity index (χ0) is 22.2. The third kappa shape index (κ3) is 5.05. The summed E-state index contributed by atoms with van der Waals surface area (Å²) in [5.41, 5.74) is 1.51. The lowest BCUT2D eigenvalue weighted by Gasteiger charge is -2.36. The molecule has 0 amide bonds. The lowest BCUT2D eigenvalue weighted by atomic mass is 9.76. The van der Waals surface area contributed by atoms with Gasteiger partial charge in [0, 0.05) is 24.5 Å². The molecule has 4 rings (SSSR count). The van der Waals surface area contributed by atoms with Crippen LogP contribution in [-0.4, -0.2) is 55.5 Å². The van der Waals surface area contributed by atoms with Gasteiger partial charge in [-0.05, 0) is 37.3 Å². The number of nitrogens with zero attached hydrogens (tertiary/aromatic N) is 3. The predicted molar refractivity (Wildman–Crippen MR) is 118 cm³/mol. The minimum absolute atomic E-state index is 0.0905. The van der Waals surface area contributed by atoms with Gasteiger partial charge in [0.15, 0.2) is 5.65 Å². The number of nitrogens with one attached hydrogen (secondary N) is 2. The van der Waals surface area contributed by atoms with Crippen molar-refractivity contribution in [3.8, 4) is 0 Å². The Bertz CT molecular complexity index is 1280. The van der Waals surface area contributed by atoms with Crippen molar-refractivity contribution >= 4 is 31.3 Å². The zero-order valence-corrected chi connectivity index (χ0v) is 18.9. The first kappa shape index (κ1) is 21.7. The third-order valence-electron chi connectivity index (χ3n) is 5.30. The first-order valence-corrected chi connectivity index (χ1v) is 13.5. The topological polar surface area (TPSA) is 123 Å². The molecular weight excluding hydrogens is 438 g/mol. The van der Waals surface area contributed by atoms with Gasteiger partial charge in [-0.3, -0.25) is 0 Å². The molecule has 2 N–H and O–H groups in total.